The molecule has 4 unspecified atom stereocenters. The number of fused-ring (bicyclic) bond motifs is 2. The van der Waals surface area contributed by atoms with E-state index in [4.69, 9.17) is 15.5 Å². The average molecular weight is 406 g/mol. The monoisotopic (exact) mass is 406 g/mol. The summed E-state index contributed by atoms with van der Waals surface area (Å²) in [7, 11) is 0. The number of nitrogens with one attached hydrogen (secondary N) is 2. The highest BCUT2D eigenvalue weighted by atomic mass is 16.6. The Labute approximate surface area is 174 Å². The Kier molecular flexibility index (Phi) is 3.65. The predicted molar refractivity (Wildman–Crippen MR) is 112 cm³/mol. The number of nitrogens with two attached hydrogens (primary N) is 1. The molecular formula is C22H26N6O2. The molecule has 2 saturated carbocycles. The average Bonchev–Trinajstić information content (AvgIpc) is 3.47. The van der Waals surface area contributed by atoms with Gasteiger partial charge in [-0.1, -0.05) is 6.42 Å². The van der Waals surface area contributed by atoms with E-state index in [2.05, 4.69) is 32.4 Å². The number of hydrogen-bond acceptors (Lipinski definition) is 7. The van der Waals surface area contributed by atoms with E-state index >= 15 is 0 Å². The lowest BCUT2D eigenvalue weighted by Gasteiger charge is -2.17. The summed E-state index contributed by atoms with van der Waals surface area (Å²) in [5, 5.41) is 13.4. The summed E-state index contributed by atoms with van der Waals surface area (Å²) >= 11 is 0. The molecule has 3 heterocycles. The molecule has 30 heavy (non-hydrogen) atoms. The van der Waals surface area contributed by atoms with Gasteiger partial charge in [-0.25, -0.2) is 15.0 Å². The number of nitrogens with zero attached hydrogens (tertiary/aromatic N) is 3. The van der Waals surface area contributed by atoms with E-state index in [0.29, 0.717) is 11.8 Å². The van der Waals surface area contributed by atoms with Crippen LogP contribution >= 0.6 is 0 Å². The van der Waals surface area contributed by atoms with Gasteiger partial charge in [-0.3, -0.25) is 0 Å². The highest BCUT2D eigenvalue weighted by Gasteiger charge is 2.58. The standard InChI is InChI=1S/C22H26N6O2/c1-21(2,29)19-24-9-12(10-25-19)11-6-14(22-5-3-4-13(22)8-22)16-15(7-11)26-20(27-16)28-18-17(23)30-18/h6-7,9-10,13,17-18,29H,3-5,8,23H2,1-2H3,(H2,26,27,28). The van der Waals surface area contributed by atoms with Gasteiger partial charge in [0.2, 0.25) is 5.95 Å². The number of aliphatic hydroxyl groups is 1. The smallest absolute Gasteiger partial charge is 0.203 e. The van der Waals surface area contributed by atoms with E-state index in [1.54, 1.807) is 26.2 Å². The number of imidazole rings is 1. The molecule has 3 fully saturated rings. The zero-order valence-corrected chi connectivity index (χ0v) is 17.1. The van der Waals surface area contributed by atoms with Gasteiger partial charge >= 0.3 is 0 Å². The fourth-order valence-corrected chi connectivity index (χ4v) is 5.09. The minimum absolute atomic E-state index is 0.186. The molecule has 156 valence electrons. The van der Waals surface area contributed by atoms with E-state index in [1.807, 2.05) is 0 Å². The first kappa shape index (κ1) is 18.2. The molecule has 3 aromatic rings. The molecule has 2 aromatic heterocycles. The molecular weight excluding hydrogens is 380 g/mol. The molecule has 1 saturated heterocycles. The summed E-state index contributed by atoms with van der Waals surface area (Å²) in [6.45, 7) is 3.38. The Hall–Kier alpha value is -2.55. The molecule has 0 bridgehead atoms. The zero-order chi connectivity index (χ0) is 20.7. The number of H-pyrrole nitrogens is 1. The van der Waals surface area contributed by atoms with Crippen LogP contribution in [0.1, 0.15) is 50.9 Å². The highest BCUT2D eigenvalue weighted by molar-refractivity contribution is 5.88. The number of hydrogen-bond donors (Lipinski definition) is 4. The summed E-state index contributed by atoms with van der Waals surface area (Å²) in [5.74, 6) is 1.86. The lowest BCUT2D eigenvalue weighted by molar-refractivity contribution is 0.0687. The molecule has 0 radical (unpaired) electrons. The Morgan fingerprint density at radius 1 is 1.27 bits per heavy atom. The van der Waals surface area contributed by atoms with Gasteiger partial charge in [0.1, 0.15) is 5.60 Å². The van der Waals surface area contributed by atoms with Crippen LogP contribution in [0.5, 0.6) is 0 Å². The predicted octanol–water partition coefficient (Wildman–Crippen LogP) is 2.74. The summed E-state index contributed by atoms with van der Waals surface area (Å²) in [5.41, 5.74) is 10.2. The third-order valence-corrected chi connectivity index (χ3v) is 6.87. The summed E-state index contributed by atoms with van der Waals surface area (Å²) < 4.78 is 5.28. The van der Waals surface area contributed by atoms with Gasteiger partial charge in [0.25, 0.3) is 0 Å². The van der Waals surface area contributed by atoms with Crippen LogP contribution in [0.3, 0.4) is 0 Å². The third-order valence-electron chi connectivity index (χ3n) is 6.87. The van der Waals surface area contributed by atoms with Crippen molar-refractivity contribution in [1.29, 1.82) is 0 Å². The van der Waals surface area contributed by atoms with Gasteiger partial charge in [-0.2, -0.15) is 0 Å². The van der Waals surface area contributed by atoms with Crippen molar-refractivity contribution in [3.05, 3.63) is 35.9 Å². The van der Waals surface area contributed by atoms with Crippen LogP contribution in [0.4, 0.5) is 5.95 Å². The molecule has 0 spiro atoms. The molecule has 4 atom stereocenters. The Bertz CT molecular complexity index is 1130. The summed E-state index contributed by atoms with van der Waals surface area (Å²) in [4.78, 5) is 17.0. The van der Waals surface area contributed by atoms with Crippen LogP contribution in [0.25, 0.3) is 22.2 Å². The molecule has 5 N–H and O–H groups in total. The Morgan fingerprint density at radius 3 is 2.63 bits per heavy atom. The molecule has 2 aliphatic carbocycles. The Balaban J connectivity index is 1.45. The number of benzene rings is 1. The summed E-state index contributed by atoms with van der Waals surface area (Å²) in [6, 6.07) is 4.36. The minimum Gasteiger partial charge on any atom is -0.382 e. The number of anilines is 1. The SMILES string of the molecule is CC(C)(O)c1ncc(-c2cc(C34CCCC3C4)c3nc(NC4OC4N)[nH]c3c2)cn1. The van der Waals surface area contributed by atoms with E-state index in [0.717, 1.165) is 28.1 Å². The fraction of sp³-hybridized carbons (Fsp3) is 0.500. The molecule has 8 heteroatoms. The van der Waals surface area contributed by atoms with Crippen molar-refractivity contribution >= 4 is 17.0 Å². The molecule has 3 aliphatic rings. The van der Waals surface area contributed by atoms with Crippen molar-refractivity contribution in [2.24, 2.45) is 11.7 Å². The van der Waals surface area contributed by atoms with Crippen molar-refractivity contribution in [1.82, 2.24) is 19.9 Å². The maximum atomic E-state index is 10.2. The van der Waals surface area contributed by atoms with Gasteiger partial charge in [0, 0.05) is 23.4 Å². The van der Waals surface area contributed by atoms with Crippen LogP contribution in [-0.4, -0.2) is 37.5 Å². The van der Waals surface area contributed by atoms with Crippen molar-refractivity contribution in [2.45, 2.75) is 63.0 Å². The Morgan fingerprint density at radius 2 is 2.03 bits per heavy atom. The number of ether oxygens (including phenoxy) is 1. The second kappa shape index (κ2) is 6.00. The molecule has 6 rings (SSSR count). The molecule has 8 nitrogen and oxygen atoms in total. The van der Waals surface area contributed by atoms with Gasteiger partial charge < -0.3 is 25.9 Å². The maximum Gasteiger partial charge on any atom is 0.203 e. The highest BCUT2D eigenvalue weighted by Crippen LogP contribution is 2.65. The first-order valence-corrected chi connectivity index (χ1v) is 10.6. The zero-order valence-electron chi connectivity index (χ0n) is 17.1. The lowest BCUT2D eigenvalue weighted by atomic mass is 9.89. The number of rotatable bonds is 5. The summed E-state index contributed by atoms with van der Waals surface area (Å²) in [6.07, 6.45) is 8.15. The second-order valence-electron chi connectivity index (χ2n) is 9.47. The number of aromatic amines is 1. The van der Waals surface area contributed by atoms with Crippen molar-refractivity contribution in [3.8, 4) is 11.1 Å². The van der Waals surface area contributed by atoms with Crippen molar-refractivity contribution in [3.63, 3.8) is 0 Å². The van der Waals surface area contributed by atoms with Gasteiger partial charge in [-0.05, 0) is 62.3 Å². The van der Waals surface area contributed by atoms with Crippen LogP contribution in [0.15, 0.2) is 24.5 Å². The largest absolute Gasteiger partial charge is 0.382 e. The van der Waals surface area contributed by atoms with Gasteiger partial charge in [-0.15, -0.1) is 0 Å². The van der Waals surface area contributed by atoms with E-state index in [9.17, 15) is 5.11 Å². The molecule has 1 aromatic carbocycles. The van der Waals surface area contributed by atoms with E-state index < -0.39 is 5.60 Å². The van der Waals surface area contributed by atoms with Crippen LogP contribution in [0.2, 0.25) is 0 Å². The van der Waals surface area contributed by atoms with Crippen molar-refractivity contribution < 1.29 is 9.84 Å². The van der Waals surface area contributed by atoms with Gasteiger partial charge in [0.05, 0.1) is 11.0 Å². The first-order valence-electron chi connectivity index (χ1n) is 10.6. The normalized spacial score (nSPS) is 29.8. The van der Waals surface area contributed by atoms with E-state index in [1.165, 1.54) is 31.2 Å². The van der Waals surface area contributed by atoms with Crippen LogP contribution in [0, 0.1) is 5.92 Å². The third kappa shape index (κ3) is 2.82. The number of epoxide rings is 1. The minimum atomic E-state index is -1.06. The molecule has 0 amide bonds. The maximum absolute atomic E-state index is 10.2. The van der Waals surface area contributed by atoms with E-state index in [-0.39, 0.29) is 17.9 Å². The number of aromatic nitrogens is 4. The molecule has 1 aliphatic heterocycles. The first-order chi connectivity index (χ1) is 14.3. The van der Waals surface area contributed by atoms with Gasteiger partial charge in [0.15, 0.2) is 18.3 Å². The quantitative estimate of drug-likeness (QED) is 0.480. The van der Waals surface area contributed by atoms with Crippen molar-refractivity contribution in [2.75, 3.05) is 5.32 Å². The lowest BCUT2D eigenvalue weighted by Crippen LogP contribution is -2.19. The fourth-order valence-electron chi connectivity index (χ4n) is 5.09. The topological polar surface area (TPSA) is 125 Å². The second-order valence-corrected chi connectivity index (χ2v) is 9.47. The van der Waals surface area contributed by atoms with Crippen LogP contribution in [-0.2, 0) is 15.8 Å². The van der Waals surface area contributed by atoms with Crippen LogP contribution < -0.4 is 11.1 Å².